The minimum Gasteiger partial charge on any atom is -0.370 e. The van der Waals surface area contributed by atoms with Crippen LogP contribution in [0.25, 0.3) is 0 Å². The first-order valence-corrected chi connectivity index (χ1v) is 8.79. The highest BCUT2D eigenvalue weighted by Gasteiger charge is 2.48. The zero-order valence-electron chi connectivity index (χ0n) is 13.7. The predicted octanol–water partition coefficient (Wildman–Crippen LogP) is 4.40. The number of ether oxygens (including phenoxy) is 1. The van der Waals surface area contributed by atoms with Gasteiger partial charge in [0.25, 0.3) is 0 Å². The van der Waals surface area contributed by atoms with Crippen LogP contribution in [0.15, 0.2) is 60.7 Å². The van der Waals surface area contributed by atoms with Crippen LogP contribution in [0.1, 0.15) is 36.8 Å². The Morgan fingerprint density at radius 1 is 0.913 bits per heavy atom. The summed E-state index contributed by atoms with van der Waals surface area (Å²) in [5.74, 6) is 0. The molecule has 23 heavy (non-hydrogen) atoms. The predicted molar refractivity (Wildman–Crippen MR) is 93.1 cm³/mol. The Hall–Kier alpha value is -1.64. The highest BCUT2D eigenvalue weighted by molar-refractivity contribution is 5.17. The number of rotatable bonds is 5. The lowest BCUT2D eigenvalue weighted by Gasteiger charge is -2.37. The third-order valence-corrected chi connectivity index (χ3v) is 5.30. The Balaban J connectivity index is 1.52. The van der Waals surface area contributed by atoms with Crippen LogP contribution in [0.5, 0.6) is 0 Å². The Kier molecular flexibility index (Phi) is 4.19. The van der Waals surface area contributed by atoms with Gasteiger partial charge in [-0.3, -0.25) is 4.90 Å². The van der Waals surface area contributed by atoms with E-state index in [0.29, 0.717) is 6.04 Å². The van der Waals surface area contributed by atoms with Crippen molar-refractivity contribution >= 4 is 0 Å². The molecule has 1 spiro atoms. The molecule has 4 rings (SSSR count). The van der Waals surface area contributed by atoms with E-state index in [0.717, 1.165) is 19.7 Å². The van der Waals surface area contributed by atoms with E-state index in [4.69, 9.17) is 4.74 Å². The van der Waals surface area contributed by atoms with Crippen molar-refractivity contribution in [3.8, 4) is 0 Å². The van der Waals surface area contributed by atoms with E-state index in [1.54, 1.807) is 0 Å². The van der Waals surface area contributed by atoms with E-state index in [1.807, 2.05) is 0 Å². The quantitative estimate of drug-likeness (QED) is 0.761. The molecule has 0 amide bonds. The maximum Gasteiger partial charge on any atom is 0.0931 e. The van der Waals surface area contributed by atoms with Gasteiger partial charge in [0.1, 0.15) is 0 Å². The molecule has 2 aromatic rings. The van der Waals surface area contributed by atoms with Crippen molar-refractivity contribution in [3.63, 3.8) is 0 Å². The van der Waals surface area contributed by atoms with Crippen molar-refractivity contribution in [1.82, 2.24) is 4.90 Å². The fraction of sp³-hybridized carbons (Fsp3) is 0.429. The van der Waals surface area contributed by atoms with E-state index < -0.39 is 0 Å². The normalized spacial score (nSPS) is 26.6. The van der Waals surface area contributed by atoms with Gasteiger partial charge in [0.15, 0.2) is 0 Å². The third-order valence-electron chi connectivity index (χ3n) is 5.30. The Bertz CT molecular complexity index is 579. The van der Waals surface area contributed by atoms with Crippen LogP contribution in [0.4, 0.5) is 0 Å². The molecule has 1 aliphatic carbocycles. The molecule has 120 valence electrons. The largest absolute Gasteiger partial charge is 0.370 e. The van der Waals surface area contributed by atoms with E-state index in [9.17, 15) is 0 Å². The highest BCUT2D eigenvalue weighted by atomic mass is 16.6. The van der Waals surface area contributed by atoms with Crippen molar-refractivity contribution < 1.29 is 4.74 Å². The molecular weight excluding hydrogens is 282 g/mol. The first-order chi connectivity index (χ1) is 11.3. The SMILES string of the molecule is c1ccc(CN(Cc2ccccc2)C2CCCC3(CO3)C2)cc1. The fourth-order valence-corrected chi connectivity index (χ4v) is 3.92. The smallest absolute Gasteiger partial charge is 0.0931 e. The van der Waals surface area contributed by atoms with Crippen molar-refractivity contribution in [2.45, 2.75) is 50.4 Å². The Labute approximate surface area is 139 Å². The van der Waals surface area contributed by atoms with E-state index in [2.05, 4.69) is 65.6 Å². The molecule has 1 saturated heterocycles. The van der Waals surface area contributed by atoms with Gasteiger partial charge in [-0.15, -0.1) is 0 Å². The first kappa shape index (κ1) is 14.9. The molecule has 1 heterocycles. The van der Waals surface area contributed by atoms with Crippen molar-refractivity contribution in [2.24, 2.45) is 0 Å². The molecule has 2 nitrogen and oxygen atoms in total. The van der Waals surface area contributed by atoms with Gasteiger partial charge in [0.2, 0.25) is 0 Å². The van der Waals surface area contributed by atoms with Crippen LogP contribution in [-0.2, 0) is 17.8 Å². The molecule has 0 bridgehead atoms. The molecular formula is C21H25NO. The van der Waals surface area contributed by atoms with Crippen molar-refractivity contribution in [3.05, 3.63) is 71.8 Å². The molecule has 0 N–H and O–H groups in total. The summed E-state index contributed by atoms with van der Waals surface area (Å²) in [6.07, 6.45) is 5.05. The minimum absolute atomic E-state index is 0.231. The van der Waals surface area contributed by atoms with Crippen LogP contribution in [0.2, 0.25) is 0 Å². The zero-order valence-corrected chi connectivity index (χ0v) is 13.7. The molecule has 2 unspecified atom stereocenters. The molecule has 0 radical (unpaired) electrons. The summed E-state index contributed by atoms with van der Waals surface area (Å²) in [6, 6.07) is 22.3. The van der Waals surface area contributed by atoms with E-state index >= 15 is 0 Å². The Morgan fingerprint density at radius 3 is 2.00 bits per heavy atom. The number of hydrogen-bond donors (Lipinski definition) is 0. The summed E-state index contributed by atoms with van der Waals surface area (Å²) in [4.78, 5) is 2.66. The first-order valence-electron chi connectivity index (χ1n) is 8.79. The summed E-state index contributed by atoms with van der Waals surface area (Å²) in [6.45, 7) is 3.03. The second-order valence-corrected chi connectivity index (χ2v) is 7.10. The lowest BCUT2D eigenvalue weighted by Crippen LogP contribution is -2.40. The van der Waals surface area contributed by atoms with Crippen LogP contribution < -0.4 is 0 Å². The molecule has 2 atom stereocenters. The zero-order chi connectivity index (χ0) is 15.5. The minimum atomic E-state index is 0.231. The van der Waals surface area contributed by atoms with Crippen molar-refractivity contribution in [2.75, 3.05) is 6.61 Å². The molecule has 1 aliphatic heterocycles. The number of nitrogens with zero attached hydrogens (tertiary/aromatic N) is 1. The topological polar surface area (TPSA) is 15.8 Å². The fourth-order valence-electron chi connectivity index (χ4n) is 3.92. The maximum atomic E-state index is 5.79. The second kappa shape index (κ2) is 6.46. The number of benzene rings is 2. The molecule has 0 aromatic heterocycles. The van der Waals surface area contributed by atoms with Gasteiger partial charge in [-0.2, -0.15) is 0 Å². The summed E-state index contributed by atoms with van der Waals surface area (Å²) < 4.78 is 5.79. The summed E-state index contributed by atoms with van der Waals surface area (Å²) in [7, 11) is 0. The average Bonchev–Trinajstić information content (AvgIpc) is 3.35. The van der Waals surface area contributed by atoms with E-state index in [1.165, 1.54) is 36.8 Å². The summed E-state index contributed by atoms with van der Waals surface area (Å²) in [5, 5.41) is 0. The molecule has 2 aromatic carbocycles. The third kappa shape index (κ3) is 3.65. The monoisotopic (exact) mass is 307 g/mol. The van der Waals surface area contributed by atoms with Crippen molar-refractivity contribution in [1.29, 1.82) is 0 Å². The van der Waals surface area contributed by atoms with Crippen LogP contribution >= 0.6 is 0 Å². The van der Waals surface area contributed by atoms with Gasteiger partial charge in [0, 0.05) is 19.1 Å². The summed E-state index contributed by atoms with van der Waals surface area (Å²) >= 11 is 0. The van der Waals surface area contributed by atoms with Gasteiger partial charge in [-0.05, 0) is 36.8 Å². The standard InChI is InChI=1S/C21H25NO/c1-3-8-18(9-4-1)15-22(16-19-10-5-2-6-11-19)20-12-7-13-21(14-20)17-23-21/h1-6,8-11,20H,7,12-17H2. The number of epoxide rings is 1. The molecule has 2 aliphatic rings. The molecule has 1 saturated carbocycles. The van der Waals surface area contributed by atoms with Crippen LogP contribution in [-0.4, -0.2) is 23.1 Å². The molecule has 2 fully saturated rings. The Morgan fingerprint density at radius 2 is 1.48 bits per heavy atom. The number of hydrogen-bond acceptors (Lipinski definition) is 2. The van der Waals surface area contributed by atoms with E-state index in [-0.39, 0.29) is 5.60 Å². The molecule has 2 heteroatoms. The van der Waals surface area contributed by atoms with Gasteiger partial charge >= 0.3 is 0 Å². The lowest BCUT2D eigenvalue weighted by atomic mass is 9.85. The van der Waals surface area contributed by atoms with Crippen LogP contribution in [0.3, 0.4) is 0 Å². The maximum absolute atomic E-state index is 5.79. The second-order valence-electron chi connectivity index (χ2n) is 7.10. The highest BCUT2D eigenvalue weighted by Crippen LogP contribution is 2.43. The van der Waals surface area contributed by atoms with Gasteiger partial charge < -0.3 is 4.74 Å². The lowest BCUT2D eigenvalue weighted by molar-refractivity contribution is 0.0960. The summed E-state index contributed by atoms with van der Waals surface area (Å²) in [5.41, 5.74) is 3.04. The average molecular weight is 307 g/mol. The van der Waals surface area contributed by atoms with Gasteiger partial charge in [-0.25, -0.2) is 0 Å². The van der Waals surface area contributed by atoms with Gasteiger partial charge in [-0.1, -0.05) is 60.7 Å². The van der Waals surface area contributed by atoms with Gasteiger partial charge in [0.05, 0.1) is 12.2 Å². The van der Waals surface area contributed by atoms with Crippen LogP contribution in [0, 0.1) is 0 Å².